The van der Waals surface area contributed by atoms with Crippen LogP contribution in [0.2, 0.25) is 0 Å². The molecule has 1 aliphatic carbocycles. The van der Waals surface area contributed by atoms with Gasteiger partial charge < -0.3 is 14.9 Å². The smallest absolute Gasteiger partial charge is 0.334 e. The maximum Gasteiger partial charge on any atom is 0.334 e. The molecule has 0 bridgehead atoms. The lowest BCUT2D eigenvalue weighted by molar-refractivity contribution is -0.137. The Morgan fingerprint density at radius 3 is 2.74 bits per heavy atom. The summed E-state index contributed by atoms with van der Waals surface area (Å²) < 4.78 is 5.25. The topological polar surface area (TPSA) is 66.8 Å². The zero-order valence-corrected chi connectivity index (χ0v) is 11.1. The van der Waals surface area contributed by atoms with E-state index in [4.69, 9.17) is 4.74 Å². The number of carbonyl (C=O) groups is 1. The summed E-state index contributed by atoms with van der Waals surface area (Å²) in [5.41, 5.74) is 1.91. The summed E-state index contributed by atoms with van der Waals surface area (Å²) in [7, 11) is 0. The van der Waals surface area contributed by atoms with E-state index in [2.05, 4.69) is 13.2 Å². The first kappa shape index (κ1) is 14.0. The van der Waals surface area contributed by atoms with Gasteiger partial charge in [0.1, 0.15) is 6.10 Å². The zero-order valence-electron chi connectivity index (χ0n) is 11.1. The molecule has 1 fully saturated rings. The third kappa shape index (κ3) is 2.80. The van der Waals surface area contributed by atoms with E-state index in [-0.39, 0.29) is 6.42 Å². The third-order valence-corrected chi connectivity index (χ3v) is 3.88. The first-order valence-electron chi connectivity index (χ1n) is 6.51. The largest absolute Gasteiger partial charge is 0.454 e. The molecule has 0 amide bonds. The van der Waals surface area contributed by atoms with Crippen molar-refractivity contribution in [3.05, 3.63) is 36.0 Å². The number of rotatable bonds is 0. The highest BCUT2D eigenvalue weighted by atomic mass is 16.6. The Bertz CT molecular complexity index is 449. The maximum absolute atomic E-state index is 11.6. The summed E-state index contributed by atoms with van der Waals surface area (Å²) in [6, 6.07) is 0. The molecule has 1 heterocycles. The van der Waals surface area contributed by atoms with Crippen LogP contribution in [0.25, 0.3) is 0 Å². The predicted octanol–water partition coefficient (Wildman–Crippen LogP) is 1.49. The fraction of sp³-hybridized carbons (Fsp3) is 0.533. The standard InChI is InChI=1S/C15H20O4/c1-8-4-5-11(16)9(2)7-12(17)14-10(3)15(18)19-13(14)6-8/h6,11-14,16-17H,2-5,7H2,1H3. The van der Waals surface area contributed by atoms with Gasteiger partial charge in [0.25, 0.3) is 0 Å². The minimum absolute atomic E-state index is 0.255. The van der Waals surface area contributed by atoms with Crippen LogP contribution in [-0.4, -0.2) is 34.5 Å². The van der Waals surface area contributed by atoms with E-state index in [0.29, 0.717) is 24.0 Å². The number of fused-ring (bicyclic) bond motifs is 1. The van der Waals surface area contributed by atoms with Crippen molar-refractivity contribution in [2.45, 2.75) is 44.5 Å². The second-order valence-corrected chi connectivity index (χ2v) is 5.42. The molecule has 0 aromatic carbocycles. The molecule has 1 saturated heterocycles. The maximum atomic E-state index is 11.6. The van der Waals surface area contributed by atoms with Crippen LogP contribution in [0.3, 0.4) is 0 Å². The Hall–Kier alpha value is -1.39. The van der Waals surface area contributed by atoms with Crippen LogP contribution in [0.1, 0.15) is 26.2 Å². The third-order valence-electron chi connectivity index (χ3n) is 3.88. The second-order valence-electron chi connectivity index (χ2n) is 5.42. The second kappa shape index (κ2) is 5.31. The number of hydrogen-bond donors (Lipinski definition) is 2. The molecule has 19 heavy (non-hydrogen) atoms. The number of ether oxygens (including phenoxy) is 1. The van der Waals surface area contributed by atoms with Gasteiger partial charge in [-0.3, -0.25) is 0 Å². The Labute approximate surface area is 113 Å². The highest BCUT2D eigenvalue weighted by Crippen LogP contribution is 2.35. The van der Waals surface area contributed by atoms with Gasteiger partial charge >= 0.3 is 5.97 Å². The predicted molar refractivity (Wildman–Crippen MR) is 71.3 cm³/mol. The molecule has 2 rings (SSSR count). The molecule has 0 aromatic heterocycles. The Morgan fingerprint density at radius 1 is 1.37 bits per heavy atom. The number of carbonyl (C=O) groups excluding carboxylic acids is 1. The fourth-order valence-corrected chi connectivity index (χ4v) is 2.66. The average Bonchev–Trinajstić information content (AvgIpc) is 2.60. The molecule has 2 N–H and O–H groups in total. The van der Waals surface area contributed by atoms with E-state index in [1.807, 2.05) is 13.0 Å². The van der Waals surface area contributed by atoms with Gasteiger partial charge in [-0.05, 0) is 37.8 Å². The van der Waals surface area contributed by atoms with Crippen molar-refractivity contribution in [3.8, 4) is 0 Å². The highest BCUT2D eigenvalue weighted by molar-refractivity contribution is 5.91. The summed E-state index contributed by atoms with van der Waals surface area (Å²) >= 11 is 0. The fourth-order valence-electron chi connectivity index (χ4n) is 2.66. The van der Waals surface area contributed by atoms with Crippen LogP contribution < -0.4 is 0 Å². The molecule has 4 nitrogen and oxygen atoms in total. The summed E-state index contributed by atoms with van der Waals surface area (Å²) in [5.74, 6) is -0.909. The number of aliphatic hydroxyl groups is 2. The summed E-state index contributed by atoms with van der Waals surface area (Å²) in [5, 5.41) is 20.2. The van der Waals surface area contributed by atoms with Crippen LogP contribution in [0.15, 0.2) is 36.0 Å². The molecular weight excluding hydrogens is 244 g/mol. The summed E-state index contributed by atoms with van der Waals surface area (Å²) in [6.45, 7) is 9.45. The van der Waals surface area contributed by atoms with Crippen LogP contribution in [0, 0.1) is 5.92 Å². The van der Waals surface area contributed by atoms with E-state index < -0.39 is 30.2 Å². The van der Waals surface area contributed by atoms with Gasteiger partial charge in [0, 0.05) is 5.57 Å². The SMILES string of the molecule is C=C1CC(O)C2C(=C)C(=O)OC2C=C(C)CCC1O. The number of aliphatic hydroxyl groups excluding tert-OH is 2. The van der Waals surface area contributed by atoms with E-state index in [1.165, 1.54) is 0 Å². The summed E-state index contributed by atoms with van der Waals surface area (Å²) in [4.78, 5) is 11.6. The zero-order chi connectivity index (χ0) is 14.2. The minimum atomic E-state index is -0.812. The highest BCUT2D eigenvalue weighted by Gasteiger charge is 2.42. The normalized spacial score (nSPS) is 36.6. The van der Waals surface area contributed by atoms with Gasteiger partial charge in [0.15, 0.2) is 0 Å². The molecule has 2 aliphatic rings. The van der Waals surface area contributed by atoms with Crippen LogP contribution in [0.5, 0.6) is 0 Å². The van der Waals surface area contributed by atoms with Gasteiger partial charge in [-0.25, -0.2) is 4.79 Å². The molecule has 0 spiro atoms. The van der Waals surface area contributed by atoms with Gasteiger partial charge in [-0.15, -0.1) is 0 Å². The molecule has 0 aromatic rings. The van der Waals surface area contributed by atoms with Crippen molar-refractivity contribution < 1.29 is 19.7 Å². The number of allylic oxidation sites excluding steroid dienone is 1. The molecule has 4 heteroatoms. The first-order chi connectivity index (χ1) is 8.90. The quantitative estimate of drug-likeness (QED) is 0.395. The molecule has 1 aliphatic heterocycles. The molecule has 4 atom stereocenters. The van der Waals surface area contributed by atoms with Crippen LogP contribution >= 0.6 is 0 Å². The molecule has 0 saturated carbocycles. The molecule has 4 unspecified atom stereocenters. The van der Waals surface area contributed by atoms with Gasteiger partial charge in [-0.1, -0.05) is 18.7 Å². The van der Waals surface area contributed by atoms with Crippen molar-refractivity contribution in [1.82, 2.24) is 0 Å². The lowest BCUT2D eigenvalue weighted by Gasteiger charge is -2.25. The van der Waals surface area contributed by atoms with Crippen LogP contribution in [0.4, 0.5) is 0 Å². The van der Waals surface area contributed by atoms with E-state index in [9.17, 15) is 15.0 Å². The van der Waals surface area contributed by atoms with Crippen LogP contribution in [-0.2, 0) is 9.53 Å². The Morgan fingerprint density at radius 2 is 2.05 bits per heavy atom. The number of esters is 1. The molecule has 104 valence electrons. The van der Waals surface area contributed by atoms with Crippen molar-refractivity contribution in [2.24, 2.45) is 5.92 Å². The average molecular weight is 264 g/mol. The molecule has 0 radical (unpaired) electrons. The van der Waals surface area contributed by atoms with Gasteiger partial charge in [0.2, 0.25) is 0 Å². The Kier molecular flexibility index (Phi) is 3.92. The first-order valence-corrected chi connectivity index (χ1v) is 6.51. The van der Waals surface area contributed by atoms with Gasteiger partial charge in [0.05, 0.1) is 18.1 Å². The van der Waals surface area contributed by atoms with E-state index in [1.54, 1.807) is 0 Å². The minimum Gasteiger partial charge on any atom is -0.454 e. The number of hydrogen-bond acceptors (Lipinski definition) is 4. The van der Waals surface area contributed by atoms with Crippen molar-refractivity contribution in [3.63, 3.8) is 0 Å². The monoisotopic (exact) mass is 264 g/mol. The summed E-state index contributed by atoms with van der Waals surface area (Å²) in [6.07, 6.45) is 1.49. The van der Waals surface area contributed by atoms with E-state index in [0.717, 1.165) is 5.57 Å². The van der Waals surface area contributed by atoms with Gasteiger partial charge in [-0.2, -0.15) is 0 Å². The van der Waals surface area contributed by atoms with E-state index >= 15 is 0 Å². The van der Waals surface area contributed by atoms with Crippen molar-refractivity contribution >= 4 is 5.97 Å². The van der Waals surface area contributed by atoms with Crippen molar-refractivity contribution in [2.75, 3.05) is 0 Å². The van der Waals surface area contributed by atoms with Crippen molar-refractivity contribution in [1.29, 1.82) is 0 Å². The lowest BCUT2D eigenvalue weighted by atomic mass is 9.84. The molecular formula is C15H20O4. The lowest BCUT2D eigenvalue weighted by Crippen LogP contribution is -2.30. The Balaban J connectivity index is 2.32.